The molecular weight excluding hydrogens is 272 g/mol. The second-order valence-electron chi connectivity index (χ2n) is 4.40. The van der Waals surface area contributed by atoms with Gasteiger partial charge in [-0.1, -0.05) is 0 Å². The van der Waals surface area contributed by atoms with Gasteiger partial charge in [-0.3, -0.25) is 14.9 Å². The molecule has 0 aliphatic rings. The summed E-state index contributed by atoms with van der Waals surface area (Å²) < 4.78 is 0. The first kappa shape index (κ1) is 14.4. The summed E-state index contributed by atoms with van der Waals surface area (Å²) in [4.78, 5) is 26.8. The molecule has 2 rings (SSSR count). The first-order valence-electron chi connectivity index (χ1n) is 6.17. The standard InChI is InChI=1S/C14H14N4O3/c1-8-13(9(2)18-17-8)16-14(21)11-5-6-15-7-10(11)3-4-12(19)20/h3-7H,1-2H3,(H,16,21)(H,17,18)(H,19,20). The molecule has 1 amide bonds. The number of anilines is 1. The Morgan fingerprint density at radius 3 is 2.76 bits per heavy atom. The van der Waals surface area contributed by atoms with Crippen molar-refractivity contribution in [1.29, 1.82) is 0 Å². The maximum atomic E-state index is 12.3. The van der Waals surface area contributed by atoms with E-state index >= 15 is 0 Å². The molecule has 2 aromatic heterocycles. The van der Waals surface area contributed by atoms with Crippen LogP contribution in [-0.2, 0) is 4.79 Å². The minimum atomic E-state index is -1.09. The van der Waals surface area contributed by atoms with E-state index in [2.05, 4.69) is 20.5 Å². The van der Waals surface area contributed by atoms with Crippen molar-refractivity contribution >= 4 is 23.6 Å². The average molecular weight is 286 g/mol. The van der Waals surface area contributed by atoms with Gasteiger partial charge < -0.3 is 10.4 Å². The third kappa shape index (κ3) is 3.33. The van der Waals surface area contributed by atoms with E-state index in [1.54, 1.807) is 13.8 Å². The molecule has 2 aromatic rings. The van der Waals surface area contributed by atoms with E-state index in [0.29, 0.717) is 22.5 Å². The number of nitrogens with zero attached hydrogens (tertiary/aromatic N) is 2. The number of H-pyrrole nitrogens is 1. The molecule has 0 atom stereocenters. The smallest absolute Gasteiger partial charge is 0.328 e. The molecule has 0 aliphatic carbocycles. The van der Waals surface area contributed by atoms with Gasteiger partial charge in [0, 0.05) is 29.6 Å². The average Bonchev–Trinajstić information content (AvgIpc) is 2.77. The van der Waals surface area contributed by atoms with Gasteiger partial charge in [0.15, 0.2) is 0 Å². The summed E-state index contributed by atoms with van der Waals surface area (Å²) in [5.41, 5.74) is 2.80. The number of pyridine rings is 1. The fourth-order valence-electron chi connectivity index (χ4n) is 1.82. The number of carbonyl (C=O) groups excluding carboxylic acids is 1. The summed E-state index contributed by atoms with van der Waals surface area (Å²) in [6, 6.07) is 1.53. The van der Waals surface area contributed by atoms with E-state index in [9.17, 15) is 9.59 Å². The topological polar surface area (TPSA) is 108 Å². The number of carbonyl (C=O) groups is 2. The third-order valence-corrected chi connectivity index (χ3v) is 2.87. The van der Waals surface area contributed by atoms with Gasteiger partial charge in [0.2, 0.25) is 0 Å². The maximum Gasteiger partial charge on any atom is 0.328 e. The van der Waals surface area contributed by atoms with Gasteiger partial charge in [0.1, 0.15) is 0 Å². The van der Waals surface area contributed by atoms with Crippen molar-refractivity contribution in [2.24, 2.45) is 0 Å². The number of amides is 1. The zero-order valence-corrected chi connectivity index (χ0v) is 11.5. The highest BCUT2D eigenvalue weighted by Crippen LogP contribution is 2.18. The fraction of sp³-hybridized carbons (Fsp3) is 0.143. The van der Waals surface area contributed by atoms with E-state index in [1.807, 2.05) is 0 Å². The summed E-state index contributed by atoms with van der Waals surface area (Å²) in [6.45, 7) is 3.57. The lowest BCUT2D eigenvalue weighted by Crippen LogP contribution is -2.14. The van der Waals surface area contributed by atoms with Crippen molar-refractivity contribution in [1.82, 2.24) is 15.2 Å². The number of nitrogens with one attached hydrogen (secondary N) is 2. The fourth-order valence-corrected chi connectivity index (χ4v) is 1.82. The highest BCUT2D eigenvalue weighted by atomic mass is 16.4. The predicted octanol–water partition coefficient (Wildman–Crippen LogP) is 1.77. The van der Waals surface area contributed by atoms with Gasteiger partial charge in [-0.15, -0.1) is 0 Å². The largest absolute Gasteiger partial charge is 0.478 e. The number of carboxylic acid groups (broad SMARTS) is 1. The third-order valence-electron chi connectivity index (χ3n) is 2.87. The van der Waals surface area contributed by atoms with Crippen LogP contribution in [0.3, 0.4) is 0 Å². The first-order valence-corrected chi connectivity index (χ1v) is 6.17. The van der Waals surface area contributed by atoms with Gasteiger partial charge in [-0.25, -0.2) is 4.79 Å². The lowest BCUT2D eigenvalue weighted by Gasteiger charge is -2.07. The van der Waals surface area contributed by atoms with E-state index < -0.39 is 5.97 Å². The number of aromatic amines is 1. The number of aryl methyl sites for hydroxylation is 2. The molecule has 0 spiro atoms. The molecule has 0 fully saturated rings. The molecule has 2 heterocycles. The highest BCUT2D eigenvalue weighted by Gasteiger charge is 2.14. The zero-order chi connectivity index (χ0) is 15.4. The van der Waals surface area contributed by atoms with E-state index in [1.165, 1.54) is 24.5 Å². The highest BCUT2D eigenvalue weighted by molar-refractivity contribution is 6.07. The Bertz CT molecular complexity index is 699. The van der Waals surface area contributed by atoms with Crippen molar-refractivity contribution in [3.8, 4) is 0 Å². The summed E-state index contributed by atoms with van der Waals surface area (Å²) in [6.07, 6.45) is 5.20. The molecule has 0 saturated carbocycles. The first-order chi connectivity index (χ1) is 9.99. The summed E-state index contributed by atoms with van der Waals surface area (Å²) >= 11 is 0. The SMILES string of the molecule is Cc1n[nH]c(C)c1NC(=O)c1ccncc1C=CC(=O)O. The predicted molar refractivity (Wildman–Crippen MR) is 76.9 cm³/mol. The lowest BCUT2D eigenvalue weighted by atomic mass is 10.1. The number of carboxylic acids is 1. The van der Waals surface area contributed by atoms with Crippen molar-refractivity contribution in [2.75, 3.05) is 5.32 Å². The second kappa shape index (κ2) is 6.00. The van der Waals surface area contributed by atoms with Crippen LogP contribution < -0.4 is 5.32 Å². The van der Waals surface area contributed by atoms with E-state index in [0.717, 1.165) is 11.8 Å². The van der Waals surface area contributed by atoms with Gasteiger partial charge in [0.05, 0.1) is 17.1 Å². The number of hydrogen-bond acceptors (Lipinski definition) is 4. The second-order valence-corrected chi connectivity index (χ2v) is 4.40. The van der Waals surface area contributed by atoms with Crippen LogP contribution in [0.5, 0.6) is 0 Å². The van der Waals surface area contributed by atoms with E-state index in [4.69, 9.17) is 5.11 Å². The maximum absolute atomic E-state index is 12.3. The van der Waals surface area contributed by atoms with Crippen LogP contribution in [0.25, 0.3) is 6.08 Å². The van der Waals surface area contributed by atoms with Gasteiger partial charge in [-0.2, -0.15) is 5.10 Å². The number of rotatable bonds is 4. The van der Waals surface area contributed by atoms with Crippen molar-refractivity contribution < 1.29 is 14.7 Å². The Morgan fingerprint density at radius 1 is 1.38 bits per heavy atom. The number of aliphatic carboxylic acids is 1. The molecule has 3 N–H and O–H groups in total. The molecule has 0 saturated heterocycles. The molecule has 21 heavy (non-hydrogen) atoms. The number of hydrogen-bond donors (Lipinski definition) is 3. The Labute approximate surface area is 120 Å². The number of aromatic nitrogens is 3. The van der Waals surface area contributed by atoms with Crippen LogP contribution >= 0.6 is 0 Å². The molecule has 108 valence electrons. The van der Waals surface area contributed by atoms with E-state index in [-0.39, 0.29) is 5.91 Å². The quantitative estimate of drug-likeness (QED) is 0.742. The van der Waals surface area contributed by atoms with Crippen molar-refractivity contribution in [2.45, 2.75) is 13.8 Å². The van der Waals surface area contributed by atoms with Crippen molar-refractivity contribution in [3.05, 3.63) is 47.1 Å². The summed E-state index contributed by atoms with van der Waals surface area (Å²) in [5.74, 6) is -1.44. The monoisotopic (exact) mass is 286 g/mol. The van der Waals surface area contributed by atoms with Crippen LogP contribution in [0.2, 0.25) is 0 Å². The molecule has 0 aliphatic heterocycles. The van der Waals surface area contributed by atoms with Crippen LogP contribution in [0.4, 0.5) is 5.69 Å². The van der Waals surface area contributed by atoms with Gasteiger partial charge in [0.25, 0.3) is 5.91 Å². The summed E-state index contributed by atoms with van der Waals surface area (Å²) in [5, 5.41) is 18.2. The van der Waals surface area contributed by atoms with Gasteiger partial charge >= 0.3 is 5.97 Å². The molecule has 0 bridgehead atoms. The van der Waals surface area contributed by atoms with Gasteiger partial charge in [-0.05, 0) is 26.0 Å². The zero-order valence-electron chi connectivity index (χ0n) is 11.5. The Morgan fingerprint density at radius 2 is 2.14 bits per heavy atom. The van der Waals surface area contributed by atoms with Crippen LogP contribution in [0.1, 0.15) is 27.3 Å². The lowest BCUT2D eigenvalue weighted by molar-refractivity contribution is -0.131. The molecule has 0 unspecified atom stereocenters. The Balaban J connectivity index is 2.30. The summed E-state index contributed by atoms with van der Waals surface area (Å²) in [7, 11) is 0. The molecule has 0 radical (unpaired) electrons. The minimum absolute atomic E-state index is 0.336. The molecule has 7 nitrogen and oxygen atoms in total. The Kier molecular flexibility index (Phi) is 4.13. The normalized spacial score (nSPS) is 10.8. The van der Waals surface area contributed by atoms with Crippen LogP contribution in [0.15, 0.2) is 24.5 Å². The molecule has 7 heteroatoms. The Hall–Kier alpha value is -2.96. The molecule has 0 aromatic carbocycles. The van der Waals surface area contributed by atoms with Crippen molar-refractivity contribution in [3.63, 3.8) is 0 Å². The van der Waals surface area contributed by atoms with Crippen LogP contribution in [0, 0.1) is 13.8 Å². The minimum Gasteiger partial charge on any atom is -0.478 e. The van der Waals surface area contributed by atoms with Crippen LogP contribution in [-0.4, -0.2) is 32.2 Å². The molecular formula is C14H14N4O3.